The molecular formula is C27H33N5O3. The average Bonchev–Trinajstić information content (AvgIpc) is 3.69. The van der Waals surface area contributed by atoms with Crippen LogP contribution in [0.1, 0.15) is 18.4 Å². The first-order chi connectivity index (χ1) is 16.9. The Bertz CT molecular complexity index is 1070. The largest absolute Gasteiger partial charge is 0.368 e. The van der Waals surface area contributed by atoms with E-state index in [-0.39, 0.29) is 30.3 Å². The molecule has 0 unspecified atom stereocenters. The van der Waals surface area contributed by atoms with Gasteiger partial charge in [-0.25, -0.2) is 4.79 Å². The van der Waals surface area contributed by atoms with Crippen LogP contribution < -0.4 is 15.5 Å². The third kappa shape index (κ3) is 6.62. The summed E-state index contributed by atoms with van der Waals surface area (Å²) in [5, 5.41) is 5.85. The van der Waals surface area contributed by atoms with Gasteiger partial charge >= 0.3 is 6.03 Å². The topological polar surface area (TPSA) is 85.0 Å². The Morgan fingerprint density at radius 3 is 2.34 bits per heavy atom. The van der Waals surface area contributed by atoms with Gasteiger partial charge in [-0.15, -0.1) is 6.58 Å². The molecule has 1 heterocycles. The van der Waals surface area contributed by atoms with E-state index >= 15 is 0 Å². The summed E-state index contributed by atoms with van der Waals surface area (Å²) in [6, 6.07) is 15.4. The van der Waals surface area contributed by atoms with E-state index < -0.39 is 0 Å². The fourth-order valence-corrected chi connectivity index (χ4v) is 4.20. The number of urea groups is 1. The van der Waals surface area contributed by atoms with Gasteiger partial charge < -0.3 is 25.3 Å². The van der Waals surface area contributed by atoms with Gasteiger partial charge in [-0.1, -0.05) is 18.2 Å². The van der Waals surface area contributed by atoms with Gasteiger partial charge in [-0.2, -0.15) is 0 Å². The SMILES string of the molecule is C=CCN(CC(=O)Nc1ccc(N2CCN(C(=O)Nc3cccc(C)c3)CC2)cc1)C(=O)C1CC1. The molecule has 0 spiro atoms. The average molecular weight is 476 g/mol. The van der Waals surface area contributed by atoms with Gasteiger partial charge in [0.05, 0.1) is 0 Å². The summed E-state index contributed by atoms with van der Waals surface area (Å²) in [5.41, 5.74) is 3.64. The number of rotatable bonds is 8. The highest BCUT2D eigenvalue weighted by atomic mass is 16.2. The number of anilines is 3. The summed E-state index contributed by atoms with van der Waals surface area (Å²) in [6.45, 7) is 8.80. The van der Waals surface area contributed by atoms with Crippen molar-refractivity contribution in [2.75, 3.05) is 54.8 Å². The van der Waals surface area contributed by atoms with Crippen molar-refractivity contribution in [2.24, 2.45) is 5.92 Å². The van der Waals surface area contributed by atoms with E-state index in [1.54, 1.807) is 11.0 Å². The lowest BCUT2D eigenvalue weighted by Crippen LogP contribution is -2.50. The first-order valence-electron chi connectivity index (χ1n) is 12.1. The van der Waals surface area contributed by atoms with Crippen molar-refractivity contribution < 1.29 is 14.4 Å². The van der Waals surface area contributed by atoms with Crippen LogP contribution >= 0.6 is 0 Å². The number of nitrogens with one attached hydrogen (secondary N) is 2. The number of aryl methyl sites for hydroxylation is 1. The highest BCUT2D eigenvalue weighted by molar-refractivity contribution is 5.95. The van der Waals surface area contributed by atoms with Crippen molar-refractivity contribution in [1.29, 1.82) is 0 Å². The Morgan fingerprint density at radius 1 is 1.00 bits per heavy atom. The minimum atomic E-state index is -0.221. The van der Waals surface area contributed by atoms with Crippen LogP contribution in [0.15, 0.2) is 61.2 Å². The van der Waals surface area contributed by atoms with E-state index in [9.17, 15) is 14.4 Å². The van der Waals surface area contributed by atoms with Crippen LogP contribution in [0.4, 0.5) is 21.9 Å². The molecule has 184 valence electrons. The lowest BCUT2D eigenvalue weighted by molar-refractivity contribution is -0.135. The van der Waals surface area contributed by atoms with Gasteiger partial charge in [0.1, 0.15) is 6.54 Å². The van der Waals surface area contributed by atoms with Crippen molar-refractivity contribution >= 4 is 34.9 Å². The molecule has 8 nitrogen and oxygen atoms in total. The van der Waals surface area contributed by atoms with Crippen molar-refractivity contribution in [1.82, 2.24) is 9.80 Å². The molecule has 4 amide bonds. The highest BCUT2D eigenvalue weighted by Gasteiger charge is 2.33. The number of benzene rings is 2. The third-order valence-corrected chi connectivity index (χ3v) is 6.27. The first kappa shape index (κ1) is 24.3. The van der Waals surface area contributed by atoms with E-state index in [0.29, 0.717) is 25.3 Å². The monoisotopic (exact) mass is 475 g/mol. The normalized spacial score (nSPS) is 15.3. The molecule has 1 saturated heterocycles. The van der Waals surface area contributed by atoms with Gasteiger partial charge in [0.25, 0.3) is 0 Å². The van der Waals surface area contributed by atoms with Crippen LogP contribution in [0.25, 0.3) is 0 Å². The molecule has 1 saturated carbocycles. The molecule has 4 rings (SSSR count). The molecule has 1 aliphatic heterocycles. The number of carbonyl (C=O) groups is 3. The molecule has 2 aromatic carbocycles. The maximum absolute atomic E-state index is 12.6. The molecule has 35 heavy (non-hydrogen) atoms. The standard InChI is InChI=1S/C27H33N5O3/c1-3-13-32(26(34)21-7-8-21)19-25(33)28-22-9-11-24(12-10-22)30-14-16-31(17-15-30)27(35)29-23-6-4-5-20(2)18-23/h3-6,9-12,18,21H,1,7-8,13-17,19H2,2H3,(H,28,33)(H,29,35). The Morgan fingerprint density at radius 2 is 1.71 bits per heavy atom. The molecule has 0 radical (unpaired) electrons. The molecule has 2 aromatic rings. The van der Waals surface area contributed by atoms with Gasteiger partial charge in [0, 0.05) is 55.7 Å². The Kier molecular flexibility index (Phi) is 7.70. The first-order valence-corrected chi connectivity index (χ1v) is 12.1. The number of piperazine rings is 1. The zero-order chi connectivity index (χ0) is 24.8. The molecule has 1 aliphatic carbocycles. The summed E-state index contributed by atoms with van der Waals surface area (Å²) in [6.07, 6.45) is 3.46. The van der Waals surface area contributed by atoms with Gasteiger partial charge in [0.15, 0.2) is 0 Å². The predicted octanol–water partition coefficient (Wildman–Crippen LogP) is 3.71. The molecule has 0 atom stereocenters. The fourth-order valence-electron chi connectivity index (χ4n) is 4.20. The number of nitrogens with zero attached hydrogens (tertiary/aromatic N) is 3. The van der Waals surface area contributed by atoms with E-state index in [1.165, 1.54) is 0 Å². The molecule has 2 N–H and O–H groups in total. The summed E-state index contributed by atoms with van der Waals surface area (Å²) < 4.78 is 0. The summed E-state index contributed by atoms with van der Waals surface area (Å²) in [7, 11) is 0. The molecular weight excluding hydrogens is 442 g/mol. The van der Waals surface area contributed by atoms with Crippen molar-refractivity contribution in [2.45, 2.75) is 19.8 Å². The Labute approximate surface area is 206 Å². The van der Waals surface area contributed by atoms with E-state index in [1.807, 2.05) is 60.4 Å². The quantitative estimate of drug-likeness (QED) is 0.570. The van der Waals surface area contributed by atoms with Gasteiger partial charge in [-0.3, -0.25) is 9.59 Å². The number of hydrogen-bond donors (Lipinski definition) is 2. The van der Waals surface area contributed by atoms with Gasteiger partial charge in [-0.05, 0) is 61.7 Å². The van der Waals surface area contributed by atoms with Crippen LogP contribution in [0.5, 0.6) is 0 Å². The maximum Gasteiger partial charge on any atom is 0.321 e. The molecule has 2 fully saturated rings. The summed E-state index contributed by atoms with van der Waals surface area (Å²) in [5.74, 6) is -0.125. The minimum absolute atomic E-state index is 0.0235. The van der Waals surface area contributed by atoms with Crippen molar-refractivity contribution in [3.05, 3.63) is 66.7 Å². The second-order valence-corrected chi connectivity index (χ2v) is 9.15. The fraction of sp³-hybridized carbons (Fsp3) is 0.370. The summed E-state index contributed by atoms with van der Waals surface area (Å²) >= 11 is 0. The second-order valence-electron chi connectivity index (χ2n) is 9.15. The van der Waals surface area contributed by atoms with Crippen LogP contribution in [-0.2, 0) is 9.59 Å². The van der Waals surface area contributed by atoms with E-state index in [0.717, 1.165) is 42.9 Å². The van der Waals surface area contributed by atoms with Crippen molar-refractivity contribution in [3.63, 3.8) is 0 Å². The summed E-state index contributed by atoms with van der Waals surface area (Å²) in [4.78, 5) is 43.0. The van der Waals surface area contributed by atoms with Crippen LogP contribution in [0.3, 0.4) is 0 Å². The van der Waals surface area contributed by atoms with Crippen LogP contribution in [-0.4, -0.2) is 66.9 Å². The van der Waals surface area contributed by atoms with Crippen LogP contribution in [0, 0.1) is 12.8 Å². The molecule has 0 bridgehead atoms. The highest BCUT2D eigenvalue weighted by Crippen LogP contribution is 2.31. The minimum Gasteiger partial charge on any atom is -0.368 e. The maximum atomic E-state index is 12.6. The van der Waals surface area contributed by atoms with E-state index in [4.69, 9.17) is 0 Å². The zero-order valence-corrected chi connectivity index (χ0v) is 20.2. The van der Waals surface area contributed by atoms with Crippen molar-refractivity contribution in [3.8, 4) is 0 Å². The smallest absolute Gasteiger partial charge is 0.321 e. The lowest BCUT2D eigenvalue weighted by atomic mass is 10.2. The molecule has 8 heteroatoms. The molecule has 2 aliphatic rings. The van der Waals surface area contributed by atoms with Gasteiger partial charge in [0.2, 0.25) is 11.8 Å². The number of amides is 4. The second kappa shape index (κ2) is 11.1. The third-order valence-electron chi connectivity index (χ3n) is 6.27. The van der Waals surface area contributed by atoms with E-state index in [2.05, 4.69) is 22.1 Å². The number of carbonyl (C=O) groups excluding carboxylic acids is 3. The zero-order valence-electron chi connectivity index (χ0n) is 20.2. The Balaban J connectivity index is 1.25. The van der Waals surface area contributed by atoms with Crippen LogP contribution in [0.2, 0.25) is 0 Å². The number of hydrogen-bond acceptors (Lipinski definition) is 4. The lowest BCUT2D eigenvalue weighted by Gasteiger charge is -2.36. The Hall–Kier alpha value is -3.81. The molecule has 0 aromatic heterocycles. The predicted molar refractivity (Wildman–Crippen MR) is 139 cm³/mol.